The molecule has 0 radical (unpaired) electrons. The van der Waals surface area contributed by atoms with Gasteiger partial charge in [-0.2, -0.15) is 0 Å². The van der Waals surface area contributed by atoms with Crippen LogP contribution in [0.5, 0.6) is 0 Å². The van der Waals surface area contributed by atoms with E-state index in [1.807, 2.05) is 36.2 Å². The Hall–Kier alpha value is -1.92. The van der Waals surface area contributed by atoms with E-state index >= 15 is 0 Å². The number of para-hydroxylation sites is 1. The Balaban J connectivity index is 1.89. The molecule has 0 saturated heterocycles. The maximum atomic E-state index is 12.1. The molecule has 2 aromatic rings. The average Bonchev–Trinajstić information content (AvgIpc) is 2.84. The smallest absolute Gasteiger partial charge is 0.238 e. The van der Waals surface area contributed by atoms with Crippen LogP contribution < -0.4 is 11.1 Å². The number of nitrogens with one attached hydrogen (secondary N) is 1. The number of nitrogen functional groups attached to an aromatic ring is 1. The topological polar surface area (TPSA) is 71.2 Å². The molecule has 0 saturated carbocycles. The van der Waals surface area contributed by atoms with Crippen molar-refractivity contribution in [2.75, 3.05) is 24.6 Å². The van der Waals surface area contributed by atoms with Crippen molar-refractivity contribution in [3.63, 3.8) is 0 Å². The van der Waals surface area contributed by atoms with Crippen molar-refractivity contribution in [1.29, 1.82) is 0 Å². The predicted octanol–water partition coefficient (Wildman–Crippen LogP) is 2.36. The molecule has 0 aliphatic rings. The van der Waals surface area contributed by atoms with Gasteiger partial charge in [0.1, 0.15) is 0 Å². The van der Waals surface area contributed by atoms with Crippen LogP contribution in [0.25, 0.3) is 0 Å². The molecule has 5 nitrogen and oxygen atoms in total. The first-order valence-electron chi connectivity index (χ1n) is 6.85. The molecule has 0 unspecified atom stereocenters. The maximum absolute atomic E-state index is 12.1. The van der Waals surface area contributed by atoms with Crippen LogP contribution in [0.1, 0.15) is 17.4 Å². The monoisotopic (exact) mass is 304 g/mol. The first kappa shape index (κ1) is 15.5. The molecule has 6 heteroatoms. The molecular formula is C15H20N4OS. The molecule has 0 atom stereocenters. The number of benzene rings is 1. The molecule has 1 aromatic heterocycles. The van der Waals surface area contributed by atoms with Gasteiger partial charge < -0.3 is 11.1 Å². The van der Waals surface area contributed by atoms with Gasteiger partial charge in [0.25, 0.3) is 0 Å². The number of aromatic nitrogens is 1. The summed E-state index contributed by atoms with van der Waals surface area (Å²) >= 11 is 1.45. The van der Waals surface area contributed by atoms with E-state index in [1.165, 1.54) is 11.3 Å². The number of anilines is 2. The van der Waals surface area contributed by atoms with Crippen LogP contribution >= 0.6 is 11.3 Å². The summed E-state index contributed by atoms with van der Waals surface area (Å²) < 4.78 is 0. The molecule has 21 heavy (non-hydrogen) atoms. The first-order valence-corrected chi connectivity index (χ1v) is 7.66. The lowest BCUT2D eigenvalue weighted by molar-refractivity contribution is -0.117. The minimum Gasteiger partial charge on any atom is -0.375 e. The van der Waals surface area contributed by atoms with Crippen LogP contribution in [0.4, 0.5) is 10.8 Å². The molecule has 0 bridgehead atoms. The maximum Gasteiger partial charge on any atom is 0.238 e. The van der Waals surface area contributed by atoms with Gasteiger partial charge in [0.2, 0.25) is 5.91 Å². The zero-order valence-electron chi connectivity index (χ0n) is 12.3. The molecule has 0 fully saturated rings. The number of hydrogen-bond acceptors (Lipinski definition) is 5. The third-order valence-electron chi connectivity index (χ3n) is 3.08. The second-order valence-electron chi connectivity index (χ2n) is 4.90. The Morgan fingerprint density at radius 3 is 2.86 bits per heavy atom. The van der Waals surface area contributed by atoms with Gasteiger partial charge in [-0.3, -0.25) is 9.69 Å². The van der Waals surface area contributed by atoms with Crippen LogP contribution in [-0.4, -0.2) is 29.4 Å². The van der Waals surface area contributed by atoms with Crippen LogP contribution in [-0.2, 0) is 17.8 Å². The quantitative estimate of drug-likeness (QED) is 0.859. The zero-order valence-corrected chi connectivity index (χ0v) is 13.1. The van der Waals surface area contributed by atoms with Crippen molar-refractivity contribution in [2.45, 2.75) is 19.9 Å². The lowest BCUT2D eigenvalue weighted by Crippen LogP contribution is -2.29. The molecule has 0 aliphatic heterocycles. The summed E-state index contributed by atoms with van der Waals surface area (Å²) in [6.07, 6.45) is 2.65. The molecule has 2 rings (SSSR count). The van der Waals surface area contributed by atoms with Crippen molar-refractivity contribution in [3.05, 3.63) is 40.9 Å². The SMILES string of the molecule is CCc1ccccc1NC(=O)CN(C)Cc1cnc(N)s1. The molecule has 0 spiro atoms. The van der Waals surface area contributed by atoms with Crippen molar-refractivity contribution in [3.8, 4) is 0 Å². The number of nitrogens with two attached hydrogens (primary N) is 1. The molecule has 1 aromatic carbocycles. The van der Waals surface area contributed by atoms with Gasteiger partial charge in [0.15, 0.2) is 5.13 Å². The highest BCUT2D eigenvalue weighted by molar-refractivity contribution is 7.15. The normalized spacial score (nSPS) is 10.8. The number of nitrogens with zero attached hydrogens (tertiary/aromatic N) is 2. The Labute approximate surface area is 128 Å². The van der Waals surface area contributed by atoms with Crippen molar-refractivity contribution >= 4 is 28.1 Å². The largest absolute Gasteiger partial charge is 0.375 e. The van der Waals surface area contributed by atoms with Gasteiger partial charge in [0, 0.05) is 23.3 Å². The van der Waals surface area contributed by atoms with E-state index < -0.39 is 0 Å². The van der Waals surface area contributed by atoms with Crippen LogP contribution in [0.2, 0.25) is 0 Å². The summed E-state index contributed by atoms with van der Waals surface area (Å²) in [5.41, 5.74) is 7.63. The van der Waals surface area contributed by atoms with E-state index in [0.717, 1.165) is 22.5 Å². The van der Waals surface area contributed by atoms with E-state index in [2.05, 4.69) is 17.2 Å². The molecule has 1 heterocycles. The summed E-state index contributed by atoms with van der Waals surface area (Å²) in [5, 5.41) is 3.52. The highest BCUT2D eigenvalue weighted by Gasteiger charge is 2.10. The molecule has 112 valence electrons. The highest BCUT2D eigenvalue weighted by Crippen LogP contribution is 2.17. The summed E-state index contributed by atoms with van der Waals surface area (Å²) in [6, 6.07) is 7.87. The van der Waals surface area contributed by atoms with E-state index in [4.69, 9.17) is 5.73 Å². The van der Waals surface area contributed by atoms with E-state index in [9.17, 15) is 4.79 Å². The average molecular weight is 304 g/mol. The molecule has 3 N–H and O–H groups in total. The van der Waals surface area contributed by atoms with Crippen molar-refractivity contribution < 1.29 is 4.79 Å². The lowest BCUT2D eigenvalue weighted by atomic mass is 10.1. The summed E-state index contributed by atoms with van der Waals surface area (Å²) in [7, 11) is 1.90. The predicted molar refractivity (Wildman–Crippen MR) is 87.3 cm³/mol. The Kier molecular flexibility index (Phi) is 5.30. The number of carbonyl (C=O) groups excluding carboxylic acids is 1. The minimum atomic E-state index is -0.0177. The molecule has 0 aliphatic carbocycles. The highest BCUT2D eigenvalue weighted by atomic mass is 32.1. The second kappa shape index (κ2) is 7.19. The number of thiazole rings is 1. The molecule has 1 amide bonds. The van der Waals surface area contributed by atoms with Crippen molar-refractivity contribution in [1.82, 2.24) is 9.88 Å². The lowest BCUT2D eigenvalue weighted by Gasteiger charge is -2.16. The first-order chi connectivity index (χ1) is 10.1. The van der Waals surface area contributed by atoms with Crippen LogP contribution in [0, 0.1) is 0 Å². The van der Waals surface area contributed by atoms with Gasteiger partial charge in [-0.1, -0.05) is 25.1 Å². The number of rotatable bonds is 6. The standard InChI is InChI=1S/C15H20N4OS/c1-3-11-6-4-5-7-13(11)18-14(20)10-19(2)9-12-8-17-15(16)21-12/h4-8H,3,9-10H2,1-2H3,(H2,16,17)(H,18,20). The Bertz CT molecular complexity index is 611. The Morgan fingerprint density at radius 2 is 2.19 bits per heavy atom. The van der Waals surface area contributed by atoms with E-state index in [1.54, 1.807) is 6.20 Å². The number of carbonyl (C=O) groups is 1. The number of likely N-dealkylation sites (N-methyl/N-ethyl adjacent to an activating group) is 1. The van der Waals surface area contributed by atoms with Gasteiger partial charge >= 0.3 is 0 Å². The minimum absolute atomic E-state index is 0.0177. The van der Waals surface area contributed by atoms with Gasteiger partial charge in [0.05, 0.1) is 6.54 Å². The fraction of sp³-hybridized carbons (Fsp3) is 0.333. The van der Waals surface area contributed by atoms with Crippen LogP contribution in [0.3, 0.4) is 0 Å². The van der Waals surface area contributed by atoms with Gasteiger partial charge in [-0.05, 0) is 25.1 Å². The number of aryl methyl sites for hydroxylation is 1. The van der Waals surface area contributed by atoms with Gasteiger partial charge in [-0.25, -0.2) is 4.98 Å². The fourth-order valence-corrected chi connectivity index (χ4v) is 2.87. The summed E-state index contributed by atoms with van der Waals surface area (Å²) in [4.78, 5) is 19.1. The number of hydrogen-bond donors (Lipinski definition) is 2. The molecular weight excluding hydrogens is 284 g/mol. The zero-order chi connectivity index (χ0) is 15.2. The number of amides is 1. The van der Waals surface area contributed by atoms with Gasteiger partial charge in [-0.15, -0.1) is 11.3 Å². The van der Waals surface area contributed by atoms with E-state index in [-0.39, 0.29) is 5.91 Å². The third kappa shape index (κ3) is 4.54. The van der Waals surface area contributed by atoms with Crippen molar-refractivity contribution in [2.24, 2.45) is 0 Å². The fourth-order valence-electron chi connectivity index (χ4n) is 2.10. The Morgan fingerprint density at radius 1 is 1.43 bits per heavy atom. The summed E-state index contributed by atoms with van der Waals surface area (Å²) in [5.74, 6) is -0.0177. The summed E-state index contributed by atoms with van der Waals surface area (Å²) in [6.45, 7) is 3.07. The van der Waals surface area contributed by atoms with Crippen LogP contribution in [0.15, 0.2) is 30.5 Å². The van der Waals surface area contributed by atoms with E-state index in [0.29, 0.717) is 18.2 Å². The third-order valence-corrected chi connectivity index (χ3v) is 3.89. The second-order valence-corrected chi connectivity index (χ2v) is 6.04.